The zero-order valence-electron chi connectivity index (χ0n) is 11.3. The highest BCUT2D eigenvalue weighted by atomic mass is 16.6. The van der Waals surface area contributed by atoms with E-state index in [0.717, 1.165) is 0 Å². The molecule has 0 fully saturated rings. The Morgan fingerprint density at radius 3 is 2.29 bits per heavy atom. The minimum Gasteiger partial charge on any atom is -0.465 e. The van der Waals surface area contributed by atoms with Crippen LogP contribution in [0.1, 0.15) is 41.0 Å². The SMILES string of the molecule is C/C=C/C(CCOC(=O)C(C)(C)C)OC(C)=O. The molecular formula is C13H22O4. The topological polar surface area (TPSA) is 52.6 Å². The van der Waals surface area contributed by atoms with Crippen LogP contribution in [0.4, 0.5) is 0 Å². The molecule has 0 aromatic rings. The van der Waals surface area contributed by atoms with Crippen LogP contribution in [0.25, 0.3) is 0 Å². The maximum Gasteiger partial charge on any atom is 0.311 e. The van der Waals surface area contributed by atoms with Crippen molar-refractivity contribution in [3.05, 3.63) is 12.2 Å². The second-order valence-corrected chi connectivity index (χ2v) is 4.85. The first-order valence-electron chi connectivity index (χ1n) is 5.74. The van der Waals surface area contributed by atoms with Gasteiger partial charge >= 0.3 is 11.9 Å². The molecule has 1 atom stereocenters. The zero-order valence-corrected chi connectivity index (χ0v) is 11.3. The molecule has 0 radical (unpaired) electrons. The van der Waals surface area contributed by atoms with Gasteiger partial charge in [0.1, 0.15) is 6.10 Å². The second kappa shape index (κ2) is 7.09. The molecule has 0 aromatic carbocycles. The molecular weight excluding hydrogens is 220 g/mol. The van der Waals surface area contributed by atoms with E-state index in [1.165, 1.54) is 6.92 Å². The van der Waals surface area contributed by atoms with E-state index in [0.29, 0.717) is 6.42 Å². The number of carbonyl (C=O) groups is 2. The summed E-state index contributed by atoms with van der Waals surface area (Å²) in [4.78, 5) is 22.3. The van der Waals surface area contributed by atoms with Gasteiger partial charge in [-0.3, -0.25) is 9.59 Å². The Bertz CT molecular complexity index is 286. The highest BCUT2D eigenvalue weighted by molar-refractivity contribution is 5.75. The second-order valence-electron chi connectivity index (χ2n) is 4.85. The van der Waals surface area contributed by atoms with Crippen molar-refractivity contribution in [3.63, 3.8) is 0 Å². The lowest BCUT2D eigenvalue weighted by Crippen LogP contribution is -2.25. The Hall–Kier alpha value is -1.32. The summed E-state index contributed by atoms with van der Waals surface area (Å²) >= 11 is 0. The average molecular weight is 242 g/mol. The van der Waals surface area contributed by atoms with E-state index in [1.54, 1.807) is 32.9 Å². The summed E-state index contributed by atoms with van der Waals surface area (Å²) in [6.07, 6.45) is 3.72. The summed E-state index contributed by atoms with van der Waals surface area (Å²) in [5, 5.41) is 0. The molecule has 0 saturated heterocycles. The van der Waals surface area contributed by atoms with Gasteiger partial charge in [0.25, 0.3) is 0 Å². The van der Waals surface area contributed by atoms with Crippen molar-refractivity contribution in [2.24, 2.45) is 5.41 Å². The summed E-state index contributed by atoms with van der Waals surface area (Å²) in [5.74, 6) is -0.588. The van der Waals surface area contributed by atoms with Crippen LogP contribution in [-0.4, -0.2) is 24.6 Å². The molecule has 98 valence electrons. The first kappa shape index (κ1) is 15.7. The van der Waals surface area contributed by atoms with Gasteiger partial charge in [-0.05, 0) is 33.8 Å². The molecule has 0 aliphatic heterocycles. The number of hydrogen-bond acceptors (Lipinski definition) is 4. The molecule has 4 nitrogen and oxygen atoms in total. The van der Waals surface area contributed by atoms with Gasteiger partial charge in [-0.15, -0.1) is 0 Å². The molecule has 0 saturated carbocycles. The van der Waals surface area contributed by atoms with Crippen molar-refractivity contribution in [3.8, 4) is 0 Å². The molecule has 0 aliphatic carbocycles. The first-order chi connectivity index (χ1) is 7.77. The monoisotopic (exact) mass is 242 g/mol. The van der Waals surface area contributed by atoms with E-state index in [-0.39, 0.29) is 24.6 Å². The Kier molecular flexibility index (Phi) is 6.54. The van der Waals surface area contributed by atoms with Gasteiger partial charge in [0.15, 0.2) is 0 Å². The van der Waals surface area contributed by atoms with Crippen molar-refractivity contribution in [2.75, 3.05) is 6.61 Å². The van der Waals surface area contributed by atoms with Crippen molar-refractivity contribution in [1.82, 2.24) is 0 Å². The lowest BCUT2D eigenvalue weighted by Gasteiger charge is -2.18. The molecule has 0 amide bonds. The number of hydrogen-bond donors (Lipinski definition) is 0. The van der Waals surface area contributed by atoms with Crippen LogP contribution in [0.15, 0.2) is 12.2 Å². The van der Waals surface area contributed by atoms with Gasteiger partial charge in [0, 0.05) is 13.3 Å². The molecule has 0 bridgehead atoms. The molecule has 0 spiro atoms. The van der Waals surface area contributed by atoms with Gasteiger partial charge in [0.2, 0.25) is 0 Å². The standard InChI is InChI=1S/C13H22O4/c1-6-7-11(17-10(2)14)8-9-16-12(15)13(3,4)5/h6-7,11H,8-9H2,1-5H3/b7-6+. The van der Waals surface area contributed by atoms with E-state index in [9.17, 15) is 9.59 Å². The van der Waals surface area contributed by atoms with Crippen LogP contribution in [0, 0.1) is 5.41 Å². The normalized spacial score (nSPS) is 13.5. The Morgan fingerprint density at radius 1 is 1.29 bits per heavy atom. The molecule has 4 heteroatoms. The number of esters is 2. The van der Waals surface area contributed by atoms with Gasteiger partial charge in [-0.25, -0.2) is 0 Å². The third kappa shape index (κ3) is 7.55. The average Bonchev–Trinajstić information content (AvgIpc) is 2.15. The Balaban J connectivity index is 4.06. The molecule has 0 heterocycles. The van der Waals surface area contributed by atoms with Crippen molar-refractivity contribution < 1.29 is 19.1 Å². The fraction of sp³-hybridized carbons (Fsp3) is 0.692. The maximum atomic E-state index is 11.5. The van der Waals surface area contributed by atoms with Crippen LogP contribution >= 0.6 is 0 Å². The molecule has 0 rings (SSSR count). The minimum atomic E-state index is -0.502. The summed E-state index contributed by atoms with van der Waals surface area (Å²) in [7, 11) is 0. The third-order valence-corrected chi connectivity index (χ3v) is 1.97. The summed E-state index contributed by atoms with van der Waals surface area (Å²) in [6.45, 7) is 8.84. The van der Waals surface area contributed by atoms with Crippen LogP contribution in [0.3, 0.4) is 0 Å². The van der Waals surface area contributed by atoms with Crippen molar-refractivity contribution >= 4 is 11.9 Å². The largest absolute Gasteiger partial charge is 0.465 e. The van der Waals surface area contributed by atoms with E-state index >= 15 is 0 Å². The van der Waals surface area contributed by atoms with Crippen LogP contribution in [-0.2, 0) is 19.1 Å². The lowest BCUT2D eigenvalue weighted by atomic mass is 9.97. The molecule has 0 aromatic heterocycles. The fourth-order valence-corrected chi connectivity index (χ4v) is 1.11. The van der Waals surface area contributed by atoms with Gasteiger partial charge in [-0.2, -0.15) is 0 Å². The fourth-order valence-electron chi connectivity index (χ4n) is 1.11. The Morgan fingerprint density at radius 2 is 1.88 bits per heavy atom. The molecule has 0 aliphatic rings. The molecule has 1 unspecified atom stereocenters. The van der Waals surface area contributed by atoms with Crippen LogP contribution in [0.5, 0.6) is 0 Å². The first-order valence-corrected chi connectivity index (χ1v) is 5.74. The zero-order chi connectivity index (χ0) is 13.5. The van der Waals surface area contributed by atoms with E-state index < -0.39 is 5.41 Å². The highest BCUT2D eigenvalue weighted by Gasteiger charge is 2.23. The summed E-state index contributed by atoms with van der Waals surface area (Å²) in [6, 6.07) is 0. The van der Waals surface area contributed by atoms with Gasteiger partial charge < -0.3 is 9.47 Å². The van der Waals surface area contributed by atoms with E-state index in [2.05, 4.69) is 0 Å². The molecule has 0 N–H and O–H groups in total. The van der Waals surface area contributed by atoms with Crippen LogP contribution < -0.4 is 0 Å². The van der Waals surface area contributed by atoms with E-state index in [4.69, 9.17) is 9.47 Å². The smallest absolute Gasteiger partial charge is 0.311 e. The van der Waals surface area contributed by atoms with E-state index in [1.807, 2.05) is 6.92 Å². The number of ether oxygens (including phenoxy) is 2. The Labute approximate surface area is 103 Å². The predicted octanol–water partition coefficient (Wildman–Crippen LogP) is 2.47. The number of rotatable bonds is 5. The van der Waals surface area contributed by atoms with Gasteiger partial charge in [-0.1, -0.05) is 6.08 Å². The molecule has 17 heavy (non-hydrogen) atoms. The minimum absolute atomic E-state index is 0.248. The number of carbonyl (C=O) groups excluding carboxylic acids is 2. The van der Waals surface area contributed by atoms with Crippen molar-refractivity contribution in [1.29, 1.82) is 0 Å². The van der Waals surface area contributed by atoms with Gasteiger partial charge in [0.05, 0.1) is 12.0 Å². The maximum absolute atomic E-state index is 11.5. The summed E-state index contributed by atoms with van der Waals surface area (Å²) < 4.78 is 10.1. The highest BCUT2D eigenvalue weighted by Crippen LogP contribution is 2.15. The lowest BCUT2D eigenvalue weighted by molar-refractivity contribution is -0.154. The number of allylic oxidation sites excluding steroid dienone is 1. The predicted molar refractivity (Wildman–Crippen MR) is 65.4 cm³/mol. The van der Waals surface area contributed by atoms with Crippen molar-refractivity contribution in [2.45, 2.75) is 47.1 Å². The quantitative estimate of drug-likeness (QED) is 0.549. The summed E-state index contributed by atoms with van der Waals surface area (Å²) in [5.41, 5.74) is -0.502. The third-order valence-electron chi connectivity index (χ3n) is 1.97. The van der Waals surface area contributed by atoms with Crippen LogP contribution in [0.2, 0.25) is 0 Å².